The van der Waals surface area contributed by atoms with Crippen LogP contribution >= 0.6 is 0 Å². The van der Waals surface area contributed by atoms with Crippen LogP contribution in [0.2, 0.25) is 0 Å². The van der Waals surface area contributed by atoms with E-state index in [2.05, 4.69) is 10.3 Å². The summed E-state index contributed by atoms with van der Waals surface area (Å²) in [5, 5.41) is 13.0. The molecule has 2 N–H and O–H groups in total. The van der Waals surface area contributed by atoms with Crippen molar-refractivity contribution < 1.29 is 5.11 Å². The van der Waals surface area contributed by atoms with Gasteiger partial charge in [-0.2, -0.15) is 0 Å². The van der Waals surface area contributed by atoms with Crippen molar-refractivity contribution in [1.29, 1.82) is 0 Å². The van der Waals surface area contributed by atoms with Crippen molar-refractivity contribution in [1.82, 2.24) is 15.3 Å². The van der Waals surface area contributed by atoms with Crippen LogP contribution in [0.3, 0.4) is 0 Å². The molecule has 0 aromatic carbocycles. The van der Waals surface area contributed by atoms with Crippen molar-refractivity contribution in [2.75, 3.05) is 13.1 Å². The minimum Gasteiger partial charge on any atom is -0.393 e. The number of aliphatic hydroxyl groups is 1. The predicted molar refractivity (Wildman–Crippen MR) is 74.0 cm³/mol. The smallest absolute Gasteiger partial charge is 0.131 e. The van der Waals surface area contributed by atoms with E-state index in [0.717, 1.165) is 42.1 Å². The van der Waals surface area contributed by atoms with E-state index in [1.165, 1.54) is 12.8 Å². The maximum Gasteiger partial charge on any atom is 0.131 e. The monoisotopic (exact) mass is 261 g/mol. The standard InChI is InChI=1S/C15H23N3O/c1-9-3-14(4-10(2)19)18-15(17-9)11-5-12-7-16-8-13(12)6-11/h3,10-13,16,19H,4-8H2,1-2H3. The van der Waals surface area contributed by atoms with Crippen LogP contribution in [0.4, 0.5) is 0 Å². The van der Waals surface area contributed by atoms with Crippen molar-refractivity contribution in [3.05, 3.63) is 23.3 Å². The molecule has 1 aliphatic heterocycles. The first-order valence-electron chi connectivity index (χ1n) is 7.35. The molecule has 0 radical (unpaired) electrons. The van der Waals surface area contributed by atoms with Gasteiger partial charge in [0.1, 0.15) is 5.82 Å². The summed E-state index contributed by atoms with van der Waals surface area (Å²) in [7, 11) is 0. The summed E-state index contributed by atoms with van der Waals surface area (Å²) in [5.74, 6) is 3.15. The molecule has 1 aliphatic carbocycles. The molecule has 1 saturated heterocycles. The Hall–Kier alpha value is -1.00. The van der Waals surface area contributed by atoms with Crippen molar-refractivity contribution in [2.24, 2.45) is 11.8 Å². The maximum absolute atomic E-state index is 9.52. The van der Waals surface area contributed by atoms with Crippen LogP contribution in [-0.2, 0) is 6.42 Å². The second-order valence-electron chi connectivity index (χ2n) is 6.26. The molecule has 104 valence electrons. The molecular weight excluding hydrogens is 238 g/mol. The Morgan fingerprint density at radius 1 is 1.32 bits per heavy atom. The summed E-state index contributed by atoms with van der Waals surface area (Å²) in [6.07, 6.45) is 2.72. The highest BCUT2D eigenvalue weighted by Gasteiger charge is 2.39. The highest BCUT2D eigenvalue weighted by Crippen LogP contribution is 2.42. The van der Waals surface area contributed by atoms with E-state index in [4.69, 9.17) is 4.98 Å². The van der Waals surface area contributed by atoms with E-state index in [1.807, 2.05) is 19.9 Å². The summed E-state index contributed by atoms with van der Waals surface area (Å²) in [6.45, 7) is 6.15. The fourth-order valence-electron chi connectivity index (χ4n) is 3.63. The molecule has 2 heterocycles. The molecule has 1 saturated carbocycles. The van der Waals surface area contributed by atoms with E-state index >= 15 is 0 Å². The van der Waals surface area contributed by atoms with Gasteiger partial charge in [0.25, 0.3) is 0 Å². The zero-order valence-corrected chi connectivity index (χ0v) is 11.8. The van der Waals surface area contributed by atoms with E-state index < -0.39 is 0 Å². The number of nitrogens with zero attached hydrogens (tertiary/aromatic N) is 2. The van der Waals surface area contributed by atoms with Gasteiger partial charge >= 0.3 is 0 Å². The molecule has 1 aromatic rings. The van der Waals surface area contributed by atoms with E-state index in [-0.39, 0.29) is 6.10 Å². The van der Waals surface area contributed by atoms with E-state index in [1.54, 1.807) is 0 Å². The number of nitrogens with one attached hydrogen (secondary N) is 1. The molecule has 0 spiro atoms. The highest BCUT2D eigenvalue weighted by atomic mass is 16.3. The quantitative estimate of drug-likeness (QED) is 0.864. The van der Waals surface area contributed by atoms with Gasteiger partial charge in [-0.25, -0.2) is 9.97 Å². The van der Waals surface area contributed by atoms with Gasteiger partial charge in [-0.1, -0.05) is 0 Å². The van der Waals surface area contributed by atoms with Gasteiger partial charge in [0.2, 0.25) is 0 Å². The van der Waals surface area contributed by atoms with Crippen molar-refractivity contribution in [3.8, 4) is 0 Å². The second kappa shape index (κ2) is 5.17. The summed E-state index contributed by atoms with van der Waals surface area (Å²) in [6, 6.07) is 1.99. The summed E-state index contributed by atoms with van der Waals surface area (Å²) in [5.41, 5.74) is 2.00. The Labute approximate surface area is 114 Å². The van der Waals surface area contributed by atoms with Gasteiger partial charge in [-0.05, 0) is 57.7 Å². The van der Waals surface area contributed by atoms with Crippen LogP contribution in [0, 0.1) is 18.8 Å². The van der Waals surface area contributed by atoms with Crippen molar-refractivity contribution in [2.45, 2.75) is 45.1 Å². The minimum absolute atomic E-state index is 0.339. The Kier molecular flexibility index (Phi) is 3.54. The average molecular weight is 261 g/mol. The zero-order chi connectivity index (χ0) is 13.4. The summed E-state index contributed by atoms with van der Waals surface area (Å²) >= 11 is 0. The molecule has 2 fully saturated rings. The molecule has 0 bridgehead atoms. The Bertz CT molecular complexity index is 449. The number of aromatic nitrogens is 2. The number of aliphatic hydroxyl groups excluding tert-OH is 1. The third-order valence-electron chi connectivity index (χ3n) is 4.45. The third kappa shape index (κ3) is 2.79. The molecule has 0 amide bonds. The fraction of sp³-hybridized carbons (Fsp3) is 0.733. The van der Waals surface area contributed by atoms with Crippen LogP contribution < -0.4 is 5.32 Å². The molecule has 4 heteroatoms. The summed E-state index contributed by atoms with van der Waals surface area (Å²) < 4.78 is 0. The number of rotatable bonds is 3. The van der Waals surface area contributed by atoms with Crippen molar-refractivity contribution in [3.63, 3.8) is 0 Å². The number of hydrogen-bond acceptors (Lipinski definition) is 4. The lowest BCUT2D eigenvalue weighted by Gasteiger charge is -2.13. The zero-order valence-electron chi connectivity index (χ0n) is 11.8. The normalized spacial score (nSPS) is 31.4. The number of fused-ring (bicyclic) bond motifs is 1. The molecule has 2 aliphatic rings. The first kappa shape index (κ1) is 13.0. The summed E-state index contributed by atoms with van der Waals surface area (Å²) in [4.78, 5) is 9.33. The fourth-order valence-corrected chi connectivity index (χ4v) is 3.63. The molecular formula is C15H23N3O. The lowest BCUT2D eigenvalue weighted by molar-refractivity contribution is 0.194. The van der Waals surface area contributed by atoms with Gasteiger partial charge in [-0.3, -0.25) is 0 Å². The van der Waals surface area contributed by atoms with Gasteiger partial charge in [-0.15, -0.1) is 0 Å². The lowest BCUT2D eigenvalue weighted by Crippen LogP contribution is -2.14. The van der Waals surface area contributed by atoms with Crippen LogP contribution in [0.25, 0.3) is 0 Å². The Morgan fingerprint density at radius 3 is 2.63 bits per heavy atom. The van der Waals surface area contributed by atoms with Crippen LogP contribution in [0.15, 0.2) is 6.07 Å². The molecule has 19 heavy (non-hydrogen) atoms. The number of hydrogen-bond donors (Lipinski definition) is 2. The number of aryl methyl sites for hydroxylation is 1. The SMILES string of the molecule is Cc1cc(CC(C)O)nc(C2CC3CNCC3C2)n1. The van der Waals surface area contributed by atoms with Gasteiger partial charge in [0, 0.05) is 23.7 Å². The topological polar surface area (TPSA) is 58.0 Å². The molecule has 3 rings (SSSR count). The maximum atomic E-state index is 9.52. The molecule has 3 atom stereocenters. The van der Waals surface area contributed by atoms with Gasteiger partial charge in [0.15, 0.2) is 0 Å². The Balaban J connectivity index is 1.79. The van der Waals surface area contributed by atoms with E-state index in [0.29, 0.717) is 12.3 Å². The first-order valence-corrected chi connectivity index (χ1v) is 7.35. The van der Waals surface area contributed by atoms with Crippen LogP contribution in [0.1, 0.15) is 42.9 Å². The third-order valence-corrected chi connectivity index (χ3v) is 4.45. The predicted octanol–water partition coefficient (Wildman–Crippen LogP) is 1.42. The largest absolute Gasteiger partial charge is 0.393 e. The molecule has 3 unspecified atom stereocenters. The van der Waals surface area contributed by atoms with Crippen LogP contribution in [0.5, 0.6) is 0 Å². The average Bonchev–Trinajstić information content (AvgIpc) is 2.86. The van der Waals surface area contributed by atoms with Crippen LogP contribution in [-0.4, -0.2) is 34.3 Å². The lowest BCUT2D eigenvalue weighted by atomic mass is 10.0. The Morgan fingerprint density at radius 2 is 2.00 bits per heavy atom. The van der Waals surface area contributed by atoms with E-state index in [9.17, 15) is 5.11 Å². The van der Waals surface area contributed by atoms with Crippen molar-refractivity contribution >= 4 is 0 Å². The van der Waals surface area contributed by atoms with Gasteiger partial charge in [0.05, 0.1) is 6.10 Å². The first-order chi connectivity index (χ1) is 9.11. The molecule has 1 aromatic heterocycles. The van der Waals surface area contributed by atoms with Gasteiger partial charge < -0.3 is 10.4 Å². The molecule has 4 nitrogen and oxygen atoms in total. The second-order valence-corrected chi connectivity index (χ2v) is 6.26. The minimum atomic E-state index is -0.339. The highest BCUT2D eigenvalue weighted by molar-refractivity contribution is 5.15.